The number of Topliss-reactive ketones (excluding diaryl/α,β-unsaturated/α-hetero) is 1. The minimum Gasteiger partial charge on any atom is -0.486 e. The molecule has 8 heteroatoms. The highest BCUT2D eigenvalue weighted by Crippen LogP contribution is 2.31. The highest BCUT2D eigenvalue weighted by Gasteiger charge is 2.19. The van der Waals surface area contributed by atoms with E-state index in [0.29, 0.717) is 35.4 Å². The topological polar surface area (TPSA) is 86.2 Å². The molecule has 1 aliphatic heterocycles. The van der Waals surface area contributed by atoms with E-state index < -0.39 is 0 Å². The van der Waals surface area contributed by atoms with Crippen LogP contribution >= 0.6 is 11.8 Å². The van der Waals surface area contributed by atoms with Crippen LogP contribution in [0, 0.1) is 0 Å². The fraction of sp³-hybridized carbons (Fsp3) is 0.250. The van der Waals surface area contributed by atoms with Gasteiger partial charge in [-0.15, -0.1) is 5.10 Å². The molecule has 0 spiro atoms. The van der Waals surface area contributed by atoms with E-state index >= 15 is 0 Å². The average molecular weight is 397 g/mol. The van der Waals surface area contributed by atoms with Crippen molar-refractivity contribution < 1.29 is 14.3 Å². The summed E-state index contributed by atoms with van der Waals surface area (Å²) in [5, 5.41) is 7.05. The monoisotopic (exact) mass is 397 g/mol. The summed E-state index contributed by atoms with van der Waals surface area (Å²) in [6.07, 6.45) is 0. The summed E-state index contributed by atoms with van der Waals surface area (Å²) in [6, 6.07) is 14.7. The van der Waals surface area contributed by atoms with Crippen molar-refractivity contribution in [2.75, 3.05) is 19.0 Å². The van der Waals surface area contributed by atoms with E-state index in [1.807, 2.05) is 37.3 Å². The second-order valence-corrected chi connectivity index (χ2v) is 7.28. The Morgan fingerprint density at radius 3 is 2.71 bits per heavy atom. The lowest BCUT2D eigenvalue weighted by Crippen LogP contribution is -2.22. The Balaban J connectivity index is 1.50. The molecule has 3 aromatic rings. The van der Waals surface area contributed by atoms with E-state index in [1.165, 1.54) is 11.8 Å². The molecule has 0 radical (unpaired) electrons. The lowest BCUT2D eigenvalue weighted by molar-refractivity contribution is 0.102. The fourth-order valence-corrected chi connectivity index (χ4v) is 3.96. The Labute approximate surface area is 165 Å². The van der Waals surface area contributed by atoms with Gasteiger partial charge in [-0.3, -0.25) is 9.36 Å². The smallest absolute Gasteiger partial charge is 0.344 e. The number of hydrogen-bond acceptors (Lipinski definition) is 6. The van der Waals surface area contributed by atoms with Gasteiger partial charge in [0, 0.05) is 5.56 Å². The molecule has 2 heterocycles. The zero-order valence-corrected chi connectivity index (χ0v) is 16.1. The van der Waals surface area contributed by atoms with Gasteiger partial charge < -0.3 is 9.47 Å². The Morgan fingerprint density at radius 1 is 1.18 bits per heavy atom. The van der Waals surface area contributed by atoms with Crippen molar-refractivity contribution in [1.29, 1.82) is 0 Å². The van der Waals surface area contributed by atoms with Crippen LogP contribution in [0.15, 0.2) is 58.5 Å². The van der Waals surface area contributed by atoms with E-state index in [2.05, 4.69) is 10.2 Å². The summed E-state index contributed by atoms with van der Waals surface area (Å²) in [7, 11) is 0. The third kappa shape index (κ3) is 3.68. The van der Waals surface area contributed by atoms with Gasteiger partial charge in [0.2, 0.25) is 0 Å². The maximum absolute atomic E-state index is 12.6. The second-order valence-electron chi connectivity index (χ2n) is 6.34. The van der Waals surface area contributed by atoms with Crippen LogP contribution in [-0.4, -0.2) is 39.5 Å². The van der Waals surface area contributed by atoms with Crippen molar-refractivity contribution >= 4 is 17.5 Å². The lowest BCUT2D eigenvalue weighted by Gasteiger charge is -2.18. The van der Waals surface area contributed by atoms with Crippen molar-refractivity contribution in [3.05, 3.63) is 70.1 Å². The number of rotatable bonds is 6. The quantitative estimate of drug-likeness (QED) is 0.508. The van der Waals surface area contributed by atoms with Crippen molar-refractivity contribution in [3.63, 3.8) is 0 Å². The molecule has 1 aliphatic rings. The van der Waals surface area contributed by atoms with Gasteiger partial charge in [0.15, 0.2) is 22.4 Å². The molecule has 1 N–H and O–H groups in total. The van der Waals surface area contributed by atoms with Gasteiger partial charge in [0.25, 0.3) is 0 Å². The zero-order valence-electron chi connectivity index (χ0n) is 15.3. The second kappa shape index (κ2) is 7.93. The van der Waals surface area contributed by atoms with E-state index in [4.69, 9.17) is 9.47 Å². The van der Waals surface area contributed by atoms with Crippen LogP contribution in [0.5, 0.6) is 11.5 Å². The van der Waals surface area contributed by atoms with Crippen molar-refractivity contribution in [2.24, 2.45) is 0 Å². The van der Waals surface area contributed by atoms with Gasteiger partial charge in [0.1, 0.15) is 13.2 Å². The van der Waals surface area contributed by atoms with Gasteiger partial charge >= 0.3 is 5.69 Å². The SMILES string of the molecule is C[C@@H](c1ccccc1)n1c(SCC(=O)c2ccc3c(c2)OCCO3)n[nH]c1=O. The molecule has 0 fully saturated rings. The van der Waals surface area contributed by atoms with Gasteiger partial charge in [-0.1, -0.05) is 42.1 Å². The number of fused-ring (bicyclic) bond motifs is 1. The van der Waals surface area contributed by atoms with Crippen molar-refractivity contribution in [2.45, 2.75) is 18.1 Å². The summed E-state index contributed by atoms with van der Waals surface area (Å²) in [5.41, 5.74) is 1.23. The van der Waals surface area contributed by atoms with Crippen LogP contribution in [0.25, 0.3) is 0 Å². The van der Waals surface area contributed by atoms with Crippen LogP contribution in [0.4, 0.5) is 0 Å². The first kappa shape index (κ1) is 18.4. The third-order valence-corrected chi connectivity index (χ3v) is 5.49. The molecular formula is C20H19N3O4S. The summed E-state index contributed by atoms with van der Waals surface area (Å²) in [6.45, 7) is 2.90. The van der Waals surface area contributed by atoms with E-state index in [1.54, 1.807) is 22.8 Å². The Morgan fingerprint density at radius 2 is 1.93 bits per heavy atom. The average Bonchev–Trinajstić information content (AvgIpc) is 3.12. The molecule has 0 amide bonds. The van der Waals surface area contributed by atoms with Crippen molar-refractivity contribution in [3.8, 4) is 11.5 Å². The van der Waals surface area contributed by atoms with Crippen LogP contribution < -0.4 is 15.2 Å². The molecule has 0 saturated heterocycles. The first-order chi connectivity index (χ1) is 13.6. The Bertz CT molecular complexity index is 1050. The number of ketones is 1. The molecule has 0 aliphatic carbocycles. The number of carbonyl (C=O) groups is 1. The fourth-order valence-electron chi connectivity index (χ4n) is 3.04. The normalized spacial score (nSPS) is 13.9. The van der Waals surface area contributed by atoms with Crippen LogP contribution in [0.3, 0.4) is 0 Å². The number of hydrogen-bond donors (Lipinski definition) is 1. The standard InChI is InChI=1S/C20H19N3O4S/c1-13(14-5-3-2-4-6-14)23-19(25)21-22-20(23)28-12-16(24)15-7-8-17-18(11-15)27-10-9-26-17/h2-8,11,13H,9-10,12H2,1H3,(H,21,25)/t13-/m0/s1. The number of aromatic nitrogens is 3. The first-order valence-corrected chi connectivity index (χ1v) is 9.89. The number of benzene rings is 2. The Hall–Kier alpha value is -3.00. The third-order valence-electron chi connectivity index (χ3n) is 4.54. The molecule has 1 aromatic heterocycles. The molecule has 1 atom stereocenters. The first-order valence-electron chi connectivity index (χ1n) is 8.91. The number of ether oxygens (including phenoxy) is 2. The number of thioether (sulfide) groups is 1. The number of carbonyl (C=O) groups excluding carboxylic acids is 1. The predicted octanol–water partition coefficient (Wildman–Crippen LogP) is 2.93. The molecule has 0 unspecified atom stereocenters. The molecule has 144 valence electrons. The number of aromatic amines is 1. The van der Waals surface area contributed by atoms with E-state index in [0.717, 1.165) is 5.56 Å². The molecule has 0 bridgehead atoms. The highest BCUT2D eigenvalue weighted by molar-refractivity contribution is 7.99. The molecule has 0 saturated carbocycles. The van der Waals surface area contributed by atoms with E-state index in [9.17, 15) is 9.59 Å². The van der Waals surface area contributed by atoms with Gasteiger partial charge in [0.05, 0.1) is 11.8 Å². The minimum atomic E-state index is -0.300. The molecular weight excluding hydrogens is 378 g/mol. The number of H-pyrrole nitrogens is 1. The summed E-state index contributed by atoms with van der Waals surface area (Å²) >= 11 is 1.23. The lowest BCUT2D eigenvalue weighted by atomic mass is 10.1. The molecule has 7 nitrogen and oxygen atoms in total. The summed E-state index contributed by atoms with van der Waals surface area (Å²) < 4.78 is 12.6. The largest absolute Gasteiger partial charge is 0.486 e. The minimum absolute atomic E-state index is 0.0728. The van der Waals surface area contributed by atoms with Crippen LogP contribution in [0.2, 0.25) is 0 Å². The van der Waals surface area contributed by atoms with Crippen LogP contribution in [0.1, 0.15) is 28.9 Å². The van der Waals surface area contributed by atoms with Gasteiger partial charge in [-0.25, -0.2) is 9.89 Å². The Kier molecular flexibility index (Phi) is 5.21. The summed E-state index contributed by atoms with van der Waals surface area (Å²) in [5.74, 6) is 1.31. The van der Waals surface area contributed by atoms with Gasteiger partial charge in [-0.05, 0) is 30.7 Å². The zero-order chi connectivity index (χ0) is 19.5. The van der Waals surface area contributed by atoms with Crippen molar-refractivity contribution in [1.82, 2.24) is 14.8 Å². The molecule has 4 rings (SSSR count). The number of nitrogens with zero attached hydrogens (tertiary/aromatic N) is 2. The summed E-state index contributed by atoms with van der Waals surface area (Å²) in [4.78, 5) is 24.9. The maximum atomic E-state index is 12.6. The maximum Gasteiger partial charge on any atom is 0.344 e. The molecule has 28 heavy (non-hydrogen) atoms. The van der Waals surface area contributed by atoms with Gasteiger partial charge in [-0.2, -0.15) is 0 Å². The van der Waals surface area contributed by atoms with E-state index in [-0.39, 0.29) is 23.3 Å². The number of nitrogens with one attached hydrogen (secondary N) is 1. The molecule has 2 aromatic carbocycles. The highest BCUT2D eigenvalue weighted by atomic mass is 32.2. The predicted molar refractivity (Wildman–Crippen MR) is 106 cm³/mol. The van der Waals surface area contributed by atoms with Crippen LogP contribution in [-0.2, 0) is 0 Å².